The Morgan fingerprint density at radius 2 is 1.77 bits per heavy atom. The number of carbonyl (C=O) groups excluding carboxylic acids is 3. The Morgan fingerprint density at radius 3 is 2.42 bits per heavy atom. The molecule has 2 fully saturated rings. The molecule has 0 aliphatic carbocycles. The van der Waals surface area contributed by atoms with E-state index in [0.717, 1.165) is 6.07 Å². The molecule has 8 nitrogen and oxygen atoms in total. The van der Waals surface area contributed by atoms with Crippen molar-refractivity contribution in [3.05, 3.63) is 58.1 Å². The van der Waals surface area contributed by atoms with E-state index in [1.165, 1.54) is 25.1 Å². The molecule has 2 saturated heterocycles. The summed E-state index contributed by atoms with van der Waals surface area (Å²) in [6, 6.07) is 6.75. The molecule has 0 aromatic heterocycles. The van der Waals surface area contributed by atoms with Gasteiger partial charge in [0.15, 0.2) is 11.6 Å². The van der Waals surface area contributed by atoms with Crippen LogP contribution in [0, 0.1) is 17.6 Å². The summed E-state index contributed by atoms with van der Waals surface area (Å²) in [5, 5.41) is 5.52. The molecule has 0 unspecified atom stereocenters. The van der Waals surface area contributed by atoms with Crippen molar-refractivity contribution >= 4 is 40.7 Å². The summed E-state index contributed by atoms with van der Waals surface area (Å²) in [6.45, 7) is 4.59. The number of alkyl halides is 3. The van der Waals surface area contributed by atoms with Crippen LogP contribution in [0.3, 0.4) is 0 Å². The Labute approximate surface area is 251 Å². The monoisotopic (exact) mass is 629 g/mol. The fraction of sp³-hybridized carbons (Fsp3) is 0.483. The van der Waals surface area contributed by atoms with Crippen LogP contribution in [0.5, 0.6) is 0 Å². The first kappa shape index (κ1) is 32.5. The number of carbonyl (C=O) groups is 3. The first-order valence-corrected chi connectivity index (χ1v) is 14.3. The fourth-order valence-electron chi connectivity index (χ4n) is 5.37. The predicted octanol–water partition coefficient (Wildman–Crippen LogP) is 4.82. The van der Waals surface area contributed by atoms with Crippen molar-refractivity contribution in [2.24, 2.45) is 5.92 Å². The Balaban J connectivity index is 1.41. The van der Waals surface area contributed by atoms with Crippen molar-refractivity contribution in [3.63, 3.8) is 0 Å². The lowest BCUT2D eigenvalue weighted by Gasteiger charge is -2.41. The van der Waals surface area contributed by atoms with Gasteiger partial charge in [-0.2, -0.15) is 13.2 Å². The average molecular weight is 630 g/mol. The zero-order chi connectivity index (χ0) is 31.5. The molecule has 2 heterocycles. The maximum absolute atomic E-state index is 15.0. The van der Waals surface area contributed by atoms with Gasteiger partial charge in [-0.25, -0.2) is 8.78 Å². The lowest BCUT2D eigenvalue weighted by Crippen LogP contribution is -2.52. The zero-order valence-electron chi connectivity index (χ0n) is 23.7. The van der Waals surface area contributed by atoms with Crippen LogP contribution in [-0.2, 0) is 16.1 Å². The molecule has 2 aromatic carbocycles. The summed E-state index contributed by atoms with van der Waals surface area (Å²) < 4.78 is 68.1. The third-order valence-electron chi connectivity index (χ3n) is 7.86. The molecule has 0 radical (unpaired) electrons. The van der Waals surface area contributed by atoms with Crippen molar-refractivity contribution in [1.82, 2.24) is 15.1 Å². The van der Waals surface area contributed by atoms with E-state index in [9.17, 15) is 31.9 Å². The molecule has 14 heteroatoms. The van der Waals surface area contributed by atoms with Gasteiger partial charge >= 0.3 is 6.18 Å². The van der Waals surface area contributed by atoms with Crippen molar-refractivity contribution in [2.75, 3.05) is 49.5 Å². The number of halogens is 6. The number of nitrogens with one attached hydrogen (secondary N) is 2. The van der Waals surface area contributed by atoms with Crippen molar-refractivity contribution in [2.45, 2.75) is 45.5 Å². The van der Waals surface area contributed by atoms with Gasteiger partial charge in [0.1, 0.15) is 0 Å². The molecule has 234 valence electrons. The van der Waals surface area contributed by atoms with E-state index in [1.54, 1.807) is 15.9 Å². The normalized spacial score (nSPS) is 19.4. The minimum absolute atomic E-state index is 0.124. The van der Waals surface area contributed by atoms with Gasteiger partial charge in [0.25, 0.3) is 5.91 Å². The van der Waals surface area contributed by atoms with Gasteiger partial charge in [0.2, 0.25) is 11.8 Å². The molecule has 0 spiro atoms. The summed E-state index contributed by atoms with van der Waals surface area (Å²) in [5.74, 6) is -4.53. The highest BCUT2D eigenvalue weighted by Crippen LogP contribution is 2.32. The molecule has 3 amide bonds. The van der Waals surface area contributed by atoms with Gasteiger partial charge in [-0.05, 0) is 37.6 Å². The Kier molecular flexibility index (Phi) is 10.2. The average Bonchev–Trinajstić information content (AvgIpc) is 3.44. The van der Waals surface area contributed by atoms with Crippen molar-refractivity contribution < 1.29 is 36.3 Å². The van der Waals surface area contributed by atoms with Crippen molar-refractivity contribution in [3.8, 4) is 0 Å². The number of rotatable bonds is 8. The Bertz CT molecular complexity index is 1370. The van der Waals surface area contributed by atoms with Crippen LogP contribution < -0.4 is 15.5 Å². The lowest BCUT2D eigenvalue weighted by molar-refractivity contribution is -0.139. The maximum Gasteiger partial charge on any atom is 0.390 e. The minimum Gasteiger partial charge on any atom is -0.367 e. The number of nitrogens with zero attached hydrogens (tertiary/aromatic N) is 3. The molecular weight excluding hydrogens is 597 g/mol. The predicted molar refractivity (Wildman–Crippen MR) is 152 cm³/mol. The first-order valence-electron chi connectivity index (χ1n) is 13.9. The second-order valence-electron chi connectivity index (χ2n) is 10.9. The number of anilines is 2. The highest BCUT2D eigenvalue weighted by Gasteiger charge is 2.32. The van der Waals surface area contributed by atoms with Gasteiger partial charge in [-0.1, -0.05) is 17.7 Å². The summed E-state index contributed by atoms with van der Waals surface area (Å²) in [4.78, 5) is 42.2. The van der Waals surface area contributed by atoms with Gasteiger partial charge in [-0.15, -0.1) is 0 Å². The number of hydrogen-bond donors (Lipinski definition) is 2. The summed E-state index contributed by atoms with van der Waals surface area (Å²) in [6.07, 6.45) is -4.69. The summed E-state index contributed by atoms with van der Waals surface area (Å²) in [7, 11) is 0. The maximum atomic E-state index is 15.0. The fourth-order valence-corrected chi connectivity index (χ4v) is 5.53. The molecule has 2 aliphatic heterocycles. The highest BCUT2D eigenvalue weighted by atomic mass is 35.5. The topological polar surface area (TPSA) is 85.0 Å². The zero-order valence-corrected chi connectivity index (χ0v) is 24.5. The van der Waals surface area contributed by atoms with Crippen LogP contribution >= 0.6 is 11.6 Å². The van der Waals surface area contributed by atoms with E-state index in [-0.39, 0.29) is 48.7 Å². The second-order valence-corrected chi connectivity index (χ2v) is 11.3. The molecule has 43 heavy (non-hydrogen) atoms. The van der Waals surface area contributed by atoms with Gasteiger partial charge in [-0.3, -0.25) is 19.3 Å². The van der Waals surface area contributed by atoms with Crippen molar-refractivity contribution in [1.29, 1.82) is 0 Å². The minimum atomic E-state index is -4.25. The number of piperazine rings is 1. The van der Waals surface area contributed by atoms with E-state index in [0.29, 0.717) is 43.3 Å². The summed E-state index contributed by atoms with van der Waals surface area (Å²) in [5.41, 5.74) is 0.0800. The largest absolute Gasteiger partial charge is 0.390 e. The van der Waals surface area contributed by atoms with Gasteiger partial charge < -0.3 is 20.4 Å². The number of amides is 3. The molecule has 2 aromatic rings. The first-order chi connectivity index (χ1) is 20.2. The van der Waals surface area contributed by atoms with Gasteiger partial charge in [0.05, 0.1) is 29.3 Å². The molecular formula is C29H33ClF5N5O3. The van der Waals surface area contributed by atoms with Gasteiger partial charge in [0, 0.05) is 69.4 Å². The third kappa shape index (κ3) is 8.14. The van der Waals surface area contributed by atoms with Crippen LogP contribution in [0.25, 0.3) is 0 Å². The quantitative estimate of drug-likeness (QED) is 0.409. The number of hydrogen-bond acceptors (Lipinski definition) is 5. The molecule has 0 saturated carbocycles. The molecule has 2 N–H and O–H groups in total. The van der Waals surface area contributed by atoms with E-state index in [1.807, 2.05) is 11.8 Å². The molecule has 4 rings (SSSR count). The Hall–Kier alpha value is -3.45. The second kappa shape index (κ2) is 13.5. The van der Waals surface area contributed by atoms with Crippen LogP contribution in [-0.4, -0.2) is 79.0 Å². The Morgan fingerprint density at radius 1 is 1.02 bits per heavy atom. The molecule has 0 bridgehead atoms. The van der Waals surface area contributed by atoms with Crippen LogP contribution in [0.1, 0.15) is 42.6 Å². The smallest absolute Gasteiger partial charge is 0.367 e. The highest BCUT2D eigenvalue weighted by molar-refractivity contribution is 6.31. The standard InChI is InChI=1S/C29H33ClF5N5O3/c1-17-15-40(12-11-38(17)10-8-29(33,34)35)24-13-21(30)4-6-23(24)37-28(43)22-5-3-19(25(31)26(22)32)14-36-27(42)20-7-9-39(16-20)18(2)41/h3-6,13,17,20H,7-12,14-16H2,1-2H3,(H,36,42)(H,37,43)/t17-,20-/m1/s1. The van der Waals surface area contributed by atoms with E-state index in [4.69, 9.17) is 11.6 Å². The van der Waals surface area contributed by atoms with E-state index >= 15 is 4.39 Å². The molecule has 2 atom stereocenters. The van der Waals surface area contributed by atoms with Crippen LogP contribution in [0.4, 0.5) is 33.3 Å². The summed E-state index contributed by atoms with van der Waals surface area (Å²) >= 11 is 6.20. The SMILES string of the molecule is CC(=O)N1CC[C@@H](C(=O)NCc2ccc(C(=O)Nc3ccc(Cl)cc3N3CCN(CCC(F)(F)F)[C@H](C)C3)c(F)c2F)C1. The molecule has 2 aliphatic rings. The lowest BCUT2D eigenvalue weighted by atomic mass is 10.1. The van der Waals surface area contributed by atoms with E-state index < -0.39 is 41.6 Å². The number of benzene rings is 2. The van der Waals surface area contributed by atoms with Crippen LogP contribution in [0.15, 0.2) is 30.3 Å². The third-order valence-corrected chi connectivity index (χ3v) is 8.10. The number of likely N-dealkylation sites (tertiary alicyclic amines) is 1. The van der Waals surface area contributed by atoms with Crippen LogP contribution in [0.2, 0.25) is 5.02 Å². The van der Waals surface area contributed by atoms with E-state index in [2.05, 4.69) is 10.6 Å².